The number of aromatic nitrogens is 1. The van der Waals surface area contributed by atoms with E-state index >= 15 is 0 Å². The van der Waals surface area contributed by atoms with E-state index in [4.69, 9.17) is 14.3 Å². The zero-order valence-corrected chi connectivity index (χ0v) is 18.5. The highest BCUT2D eigenvalue weighted by molar-refractivity contribution is 7.91. The minimum absolute atomic E-state index is 0.0401. The smallest absolute Gasteiger partial charge is 0.419 e. The third kappa shape index (κ3) is 4.74. The summed E-state index contributed by atoms with van der Waals surface area (Å²) in [7, 11) is -2.49. The van der Waals surface area contributed by atoms with Crippen molar-refractivity contribution in [2.45, 2.75) is 18.0 Å². The number of alkyl halides is 3. The van der Waals surface area contributed by atoms with Crippen LogP contribution in [0.4, 0.5) is 26.3 Å². The summed E-state index contributed by atoms with van der Waals surface area (Å²) in [6.45, 7) is 1.30. The van der Waals surface area contributed by atoms with Crippen molar-refractivity contribution in [3.63, 3.8) is 0 Å². The first-order chi connectivity index (χ1) is 15.6. The lowest BCUT2D eigenvalue weighted by atomic mass is 10.0. The van der Waals surface area contributed by atoms with E-state index in [0.29, 0.717) is 18.2 Å². The Morgan fingerprint density at radius 3 is 2.21 bits per heavy atom. The van der Waals surface area contributed by atoms with Gasteiger partial charge in [-0.25, -0.2) is 17.8 Å². The van der Waals surface area contributed by atoms with Gasteiger partial charge in [0.2, 0.25) is 11.6 Å². The molecule has 1 heterocycles. The number of pyridine rings is 1. The van der Waals surface area contributed by atoms with Crippen LogP contribution in [0.1, 0.15) is 11.3 Å². The molecule has 0 aliphatic carbocycles. The molecule has 0 amide bonds. The van der Waals surface area contributed by atoms with Crippen LogP contribution in [0, 0.1) is 29.2 Å². The number of H-pyrrole nitrogens is 1. The number of nitrogens with one attached hydrogen (secondary N) is 2. The van der Waals surface area contributed by atoms with Crippen molar-refractivity contribution in [1.82, 2.24) is 4.98 Å². The molecule has 1 unspecified atom stereocenters. The Kier molecular flexibility index (Phi) is 6.44. The quantitative estimate of drug-likeness (QED) is 0.439. The van der Waals surface area contributed by atoms with Gasteiger partial charge < -0.3 is 14.5 Å². The summed E-state index contributed by atoms with van der Waals surface area (Å²) in [6.07, 6.45) is -4.13. The highest BCUT2D eigenvalue weighted by atomic mass is 32.2. The molecule has 3 rings (SSSR count). The van der Waals surface area contributed by atoms with Crippen LogP contribution in [0.25, 0.3) is 11.3 Å². The molecule has 6 nitrogen and oxygen atoms in total. The summed E-state index contributed by atoms with van der Waals surface area (Å²) in [5, 5.41) is 0. The topological polar surface area (TPSA) is 92.2 Å². The number of hydrogen-bond acceptors (Lipinski definition) is 5. The number of aromatic amines is 1. The molecule has 0 saturated heterocycles. The Bertz CT molecular complexity index is 1450. The number of rotatable bonds is 5. The van der Waals surface area contributed by atoms with Gasteiger partial charge in [0, 0.05) is 23.6 Å². The van der Waals surface area contributed by atoms with Crippen LogP contribution < -0.4 is 14.9 Å². The largest absolute Gasteiger partial charge is 0.490 e. The summed E-state index contributed by atoms with van der Waals surface area (Å²) in [5.41, 5.74) is -3.27. The summed E-state index contributed by atoms with van der Waals surface area (Å²) in [5.74, 6) is -6.45. The Morgan fingerprint density at radius 2 is 1.68 bits per heavy atom. The molecular weight excluding hydrogens is 490 g/mol. The molecule has 2 aromatic carbocycles. The van der Waals surface area contributed by atoms with E-state index < -0.39 is 67.2 Å². The summed E-state index contributed by atoms with van der Waals surface area (Å²) < 4.78 is 112. The van der Waals surface area contributed by atoms with Crippen molar-refractivity contribution in [3.8, 4) is 28.5 Å². The van der Waals surface area contributed by atoms with Crippen molar-refractivity contribution in [3.05, 3.63) is 69.3 Å². The molecular formula is C21H16F6N2O4S. The van der Waals surface area contributed by atoms with Crippen molar-refractivity contribution in [1.29, 1.82) is 4.78 Å². The Balaban J connectivity index is 2.31. The van der Waals surface area contributed by atoms with Gasteiger partial charge in [-0.1, -0.05) is 0 Å². The highest BCUT2D eigenvalue weighted by Gasteiger charge is 2.36. The number of benzene rings is 2. The molecule has 0 spiro atoms. The number of ether oxygens (including phenoxy) is 2. The maximum atomic E-state index is 14.4. The average Bonchev–Trinajstić information content (AvgIpc) is 2.69. The number of methoxy groups -OCH3 is 1. The molecule has 13 heteroatoms. The minimum Gasteiger partial charge on any atom is -0.490 e. The SMILES string of the molecule is COc1c(Oc2cc(C(F)(F)F)c(F)cc2-c2cc(=O)c(S(C)(=N)=O)c(C)[nH]2)ccc(F)c1F. The molecule has 0 aliphatic heterocycles. The summed E-state index contributed by atoms with van der Waals surface area (Å²) in [4.78, 5) is 14.7. The van der Waals surface area contributed by atoms with E-state index in [1.54, 1.807) is 0 Å². The predicted octanol–water partition coefficient (Wildman–Crippen LogP) is 5.62. The zero-order valence-electron chi connectivity index (χ0n) is 17.7. The number of halogens is 6. The monoisotopic (exact) mass is 506 g/mol. The van der Waals surface area contributed by atoms with Crippen LogP contribution in [0.5, 0.6) is 17.2 Å². The third-order valence-corrected chi connectivity index (χ3v) is 5.94. The predicted molar refractivity (Wildman–Crippen MR) is 110 cm³/mol. The van der Waals surface area contributed by atoms with Gasteiger partial charge in [-0.15, -0.1) is 0 Å². The van der Waals surface area contributed by atoms with E-state index in [0.717, 1.165) is 25.5 Å². The molecule has 0 saturated carbocycles. The van der Waals surface area contributed by atoms with Crippen LogP contribution in [0.3, 0.4) is 0 Å². The van der Waals surface area contributed by atoms with Crippen LogP contribution in [0.2, 0.25) is 0 Å². The van der Waals surface area contributed by atoms with Gasteiger partial charge in [0.1, 0.15) is 16.5 Å². The van der Waals surface area contributed by atoms with E-state index in [1.807, 2.05) is 0 Å². The van der Waals surface area contributed by atoms with Crippen LogP contribution >= 0.6 is 0 Å². The average molecular weight is 506 g/mol. The number of aryl methyl sites for hydroxylation is 1. The van der Waals surface area contributed by atoms with Gasteiger partial charge in [-0.3, -0.25) is 4.79 Å². The number of hydrogen-bond donors (Lipinski definition) is 2. The van der Waals surface area contributed by atoms with Crippen LogP contribution in [-0.4, -0.2) is 22.6 Å². The van der Waals surface area contributed by atoms with Gasteiger partial charge in [0.15, 0.2) is 17.0 Å². The van der Waals surface area contributed by atoms with E-state index in [2.05, 4.69) is 4.98 Å². The fraction of sp³-hybridized carbons (Fsp3) is 0.190. The summed E-state index contributed by atoms with van der Waals surface area (Å²) >= 11 is 0. The van der Waals surface area contributed by atoms with Crippen LogP contribution in [0.15, 0.2) is 40.0 Å². The van der Waals surface area contributed by atoms with Crippen molar-refractivity contribution < 1.29 is 40.0 Å². The van der Waals surface area contributed by atoms with Gasteiger partial charge in [-0.2, -0.15) is 17.6 Å². The highest BCUT2D eigenvalue weighted by Crippen LogP contribution is 2.42. The summed E-state index contributed by atoms with van der Waals surface area (Å²) in [6, 6.07) is 3.09. The fourth-order valence-electron chi connectivity index (χ4n) is 3.27. The standard InChI is InChI=1S/C21H16F6N2O4S/c1-9-20(34(3,28)31)15(30)8-14(29-9)10-6-13(23)11(21(25,26)27)7-17(10)33-16-5-4-12(22)18(24)19(16)32-2/h4-8,28H,1-3H3,(H,29,30). The Labute approximate surface area is 189 Å². The zero-order chi connectivity index (χ0) is 25.6. The molecule has 0 fully saturated rings. The molecule has 0 bridgehead atoms. The van der Waals surface area contributed by atoms with Crippen molar-refractivity contribution >= 4 is 9.73 Å². The minimum atomic E-state index is -5.13. The molecule has 3 aromatic rings. The van der Waals surface area contributed by atoms with Gasteiger partial charge in [0.05, 0.1) is 28.1 Å². The molecule has 1 aromatic heterocycles. The molecule has 182 valence electrons. The second-order valence-corrected chi connectivity index (χ2v) is 9.26. The van der Waals surface area contributed by atoms with E-state index in [9.17, 15) is 35.3 Å². The Hall–Kier alpha value is -3.48. The molecule has 2 N–H and O–H groups in total. The lowest BCUT2D eigenvalue weighted by molar-refractivity contribution is -0.140. The lowest BCUT2D eigenvalue weighted by Crippen LogP contribution is -2.16. The maximum Gasteiger partial charge on any atom is 0.419 e. The third-order valence-electron chi connectivity index (χ3n) is 4.65. The molecule has 0 aliphatic rings. The first-order valence-corrected chi connectivity index (χ1v) is 11.2. The molecule has 1 atom stereocenters. The normalized spacial score (nSPS) is 13.4. The fourth-order valence-corrected chi connectivity index (χ4v) is 4.35. The molecule has 0 radical (unpaired) electrons. The van der Waals surface area contributed by atoms with Gasteiger partial charge >= 0.3 is 6.18 Å². The second kappa shape index (κ2) is 8.70. The Morgan fingerprint density at radius 1 is 1.03 bits per heavy atom. The van der Waals surface area contributed by atoms with E-state index in [-0.39, 0.29) is 16.3 Å². The van der Waals surface area contributed by atoms with Crippen LogP contribution in [-0.2, 0) is 15.9 Å². The maximum absolute atomic E-state index is 14.4. The van der Waals surface area contributed by atoms with Crippen molar-refractivity contribution in [2.24, 2.45) is 0 Å². The van der Waals surface area contributed by atoms with E-state index in [1.165, 1.54) is 6.92 Å². The van der Waals surface area contributed by atoms with Gasteiger partial charge in [-0.05, 0) is 31.2 Å². The lowest BCUT2D eigenvalue weighted by Gasteiger charge is -2.18. The molecule has 34 heavy (non-hydrogen) atoms. The van der Waals surface area contributed by atoms with Gasteiger partial charge in [0.25, 0.3) is 0 Å². The first kappa shape index (κ1) is 25.1. The van der Waals surface area contributed by atoms with Crippen molar-refractivity contribution in [2.75, 3.05) is 13.4 Å². The second-order valence-electron chi connectivity index (χ2n) is 7.17. The first-order valence-electron chi connectivity index (χ1n) is 9.23.